The van der Waals surface area contributed by atoms with Crippen LogP contribution in [0.15, 0.2) is 36.4 Å². The molecular weight excluding hydrogens is 418 g/mol. The van der Waals surface area contributed by atoms with Gasteiger partial charge in [0.2, 0.25) is 0 Å². The number of aryl methyl sites for hydroxylation is 1. The first-order valence-electron chi connectivity index (χ1n) is 12.9. The van der Waals surface area contributed by atoms with Gasteiger partial charge in [0.25, 0.3) is 0 Å². The van der Waals surface area contributed by atoms with Crippen LogP contribution in [0.3, 0.4) is 0 Å². The van der Waals surface area contributed by atoms with Crippen molar-refractivity contribution in [1.82, 2.24) is 0 Å². The van der Waals surface area contributed by atoms with E-state index in [4.69, 9.17) is 9.47 Å². The van der Waals surface area contributed by atoms with Gasteiger partial charge in [0.1, 0.15) is 0 Å². The van der Waals surface area contributed by atoms with Crippen LogP contribution < -0.4 is 0 Å². The third kappa shape index (κ3) is 7.61. The molecule has 1 aliphatic rings. The van der Waals surface area contributed by atoms with E-state index in [2.05, 4.69) is 13.8 Å². The molecule has 0 saturated carbocycles. The van der Waals surface area contributed by atoms with E-state index in [9.17, 15) is 8.78 Å². The first-order valence-corrected chi connectivity index (χ1v) is 12.9. The van der Waals surface area contributed by atoms with Crippen LogP contribution in [0.5, 0.6) is 0 Å². The molecule has 2 aromatic carbocycles. The SMILES string of the molecule is CCCCCCCCc1ccc(-c2ccc(C3OCC(CCCCC)CO3)cc2)c(F)c1F. The molecule has 2 nitrogen and oxygen atoms in total. The Bertz CT molecular complexity index is 826. The van der Waals surface area contributed by atoms with Crippen LogP contribution in [0.4, 0.5) is 8.78 Å². The van der Waals surface area contributed by atoms with Gasteiger partial charge in [-0.3, -0.25) is 0 Å². The van der Waals surface area contributed by atoms with Gasteiger partial charge >= 0.3 is 0 Å². The van der Waals surface area contributed by atoms with E-state index < -0.39 is 11.6 Å². The molecule has 1 saturated heterocycles. The topological polar surface area (TPSA) is 18.5 Å². The molecule has 4 heteroatoms. The summed E-state index contributed by atoms with van der Waals surface area (Å²) in [4.78, 5) is 0. The van der Waals surface area contributed by atoms with E-state index in [-0.39, 0.29) is 6.29 Å². The predicted molar refractivity (Wildman–Crippen MR) is 131 cm³/mol. The number of unbranched alkanes of at least 4 members (excludes halogenated alkanes) is 7. The molecule has 1 aliphatic heterocycles. The highest BCUT2D eigenvalue weighted by molar-refractivity contribution is 5.65. The molecule has 1 fully saturated rings. The van der Waals surface area contributed by atoms with Crippen LogP contribution in [0.25, 0.3) is 11.1 Å². The van der Waals surface area contributed by atoms with Crippen LogP contribution >= 0.6 is 0 Å². The van der Waals surface area contributed by atoms with Crippen molar-refractivity contribution in [2.24, 2.45) is 5.92 Å². The second-order valence-electron chi connectivity index (χ2n) is 9.40. The number of hydrogen-bond acceptors (Lipinski definition) is 2. The first kappa shape index (κ1) is 25.8. The highest BCUT2D eigenvalue weighted by Gasteiger charge is 2.23. The number of benzene rings is 2. The Hall–Kier alpha value is -1.78. The number of hydrogen-bond donors (Lipinski definition) is 0. The van der Waals surface area contributed by atoms with Gasteiger partial charge in [0, 0.05) is 17.0 Å². The summed E-state index contributed by atoms with van der Waals surface area (Å²) in [7, 11) is 0. The highest BCUT2D eigenvalue weighted by Crippen LogP contribution is 2.31. The van der Waals surface area contributed by atoms with E-state index in [1.54, 1.807) is 12.1 Å². The lowest BCUT2D eigenvalue weighted by Gasteiger charge is -2.29. The number of halogens is 2. The van der Waals surface area contributed by atoms with Gasteiger partial charge in [-0.15, -0.1) is 0 Å². The monoisotopic (exact) mass is 458 g/mol. The van der Waals surface area contributed by atoms with Crippen molar-refractivity contribution in [3.8, 4) is 11.1 Å². The minimum absolute atomic E-state index is 0.298. The molecule has 2 aromatic rings. The summed E-state index contributed by atoms with van der Waals surface area (Å²) >= 11 is 0. The Kier molecular flexibility index (Phi) is 10.8. The van der Waals surface area contributed by atoms with Crippen molar-refractivity contribution in [1.29, 1.82) is 0 Å². The van der Waals surface area contributed by atoms with Crippen molar-refractivity contribution in [2.45, 2.75) is 90.8 Å². The largest absolute Gasteiger partial charge is 0.348 e. The smallest absolute Gasteiger partial charge is 0.183 e. The lowest BCUT2D eigenvalue weighted by atomic mass is 9.98. The van der Waals surface area contributed by atoms with E-state index in [1.807, 2.05) is 24.3 Å². The van der Waals surface area contributed by atoms with Crippen molar-refractivity contribution in [3.05, 3.63) is 59.2 Å². The lowest BCUT2D eigenvalue weighted by molar-refractivity contribution is -0.206. The quantitative estimate of drug-likeness (QED) is 0.279. The van der Waals surface area contributed by atoms with Crippen LogP contribution in [-0.4, -0.2) is 13.2 Å². The van der Waals surface area contributed by atoms with Gasteiger partial charge in [0.15, 0.2) is 17.9 Å². The zero-order chi connectivity index (χ0) is 23.5. The molecule has 33 heavy (non-hydrogen) atoms. The summed E-state index contributed by atoms with van der Waals surface area (Å²) in [5.41, 5.74) is 2.34. The maximum absolute atomic E-state index is 14.8. The molecular formula is C29H40F2O2. The second-order valence-corrected chi connectivity index (χ2v) is 9.40. The fourth-order valence-electron chi connectivity index (χ4n) is 4.51. The van der Waals surface area contributed by atoms with Crippen LogP contribution in [0.1, 0.15) is 95.5 Å². The zero-order valence-electron chi connectivity index (χ0n) is 20.4. The summed E-state index contributed by atoms with van der Waals surface area (Å²) in [6, 6.07) is 10.9. The van der Waals surface area contributed by atoms with Crippen LogP contribution in [-0.2, 0) is 15.9 Å². The van der Waals surface area contributed by atoms with Crippen molar-refractivity contribution in [2.75, 3.05) is 13.2 Å². The fourth-order valence-corrected chi connectivity index (χ4v) is 4.51. The summed E-state index contributed by atoms with van der Waals surface area (Å²) in [6.45, 7) is 5.81. The molecule has 0 N–H and O–H groups in total. The predicted octanol–water partition coefficient (Wildman–Crippen LogP) is 8.78. The number of rotatable bonds is 13. The maximum Gasteiger partial charge on any atom is 0.183 e. The van der Waals surface area contributed by atoms with E-state index >= 15 is 0 Å². The summed E-state index contributed by atoms with van der Waals surface area (Å²) in [5, 5.41) is 0. The maximum atomic E-state index is 14.8. The average Bonchev–Trinajstić information content (AvgIpc) is 2.85. The summed E-state index contributed by atoms with van der Waals surface area (Å²) in [6.07, 6.45) is 11.8. The third-order valence-electron chi connectivity index (χ3n) is 6.64. The molecule has 0 bridgehead atoms. The average molecular weight is 459 g/mol. The standard InChI is InChI=1S/C29H40F2O2/c1-3-5-7-8-9-11-13-24-18-19-26(28(31)27(24)30)23-14-16-25(17-15-23)29-32-20-22(21-33-29)12-10-6-4-2/h14-19,22,29H,3-13,20-21H2,1-2H3. The van der Waals surface area contributed by atoms with Crippen molar-refractivity contribution >= 4 is 0 Å². The molecule has 0 unspecified atom stereocenters. The van der Waals surface area contributed by atoms with Gasteiger partial charge < -0.3 is 9.47 Å². The Balaban J connectivity index is 1.54. The van der Waals surface area contributed by atoms with Gasteiger partial charge in [0.05, 0.1) is 13.2 Å². The Morgan fingerprint density at radius 1 is 0.727 bits per heavy atom. The molecule has 1 heterocycles. The van der Waals surface area contributed by atoms with Crippen molar-refractivity contribution < 1.29 is 18.3 Å². The molecule has 182 valence electrons. The minimum Gasteiger partial charge on any atom is -0.348 e. The minimum atomic E-state index is -0.758. The summed E-state index contributed by atoms with van der Waals surface area (Å²) in [5.74, 6) is -1.01. The van der Waals surface area contributed by atoms with Gasteiger partial charge in [-0.05, 0) is 30.4 Å². The highest BCUT2D eigenvalue weighted by atomic mass is 19.2. The second kappa shape index (κ2) is 13.8. The van der Waals surface area contributed by atoms with Crippen molar-refractivity contribution in [3.63, 3.8) is 0 Å². The van der Waals surface area contributed by atoms with Gasteiger partial charge in [-0.25, -0.2) is 8.78 Å². The molecule has 0 aliphatic carbocycles. The zero-order valence-corrected chi connectivity index (χ0v) is 20.4. The molecule has 0 atom stereocenters. The Labute approximate surface area is 198 Å². The van der Waals surface area contributed by atoms with Crippen LogP contribution in [0, 0.1) is 17.6 Å². The van der Waals surface area contributed by atoms with E-state index in [1.165, 1.54) is 38.5 Å². The summed E-state index contributed by atoms with van der Waals surface area (Å²) < 4.78 is 41.4. The van der Waals surface area contributed by atoms with Gasteiger partial charge in [-0.2, -0.15) is 0 Å². The van der Waals surface area contributed by atoms with Crippen LogP contribution in [0.2, 0.25) is 0 Å². The van der Waals surface area contributed by atoms with E-state index in [0.29, 0.717) is 42.2 Å². The molecule has 0 aromatic heterocycles. The molecule has 0 spiro atoms. The Morgan fingerprint density at radius 2 is 1.36 bits per heavy atom. The first-order chi connectivity index (χ1) is 16.1. The molecule has 3 rings (SSSR count). The van der Waals surface area contributed by atoms with E-state index in [0.717, 1.165) is 31.2 Å². The normalized spacial score (nSPS) is 18.5. The molecule has 0 radical (unpaired) electrons. The fraction of sp³-hybridized carbons (Fsp3) is 0.586. The number of ether oxygens (including phenoxy) is 2. The third-order valence-corrected chi connectivity index (χ3v) is 6.64. The van der Waals surface area contributed by atoms with Gasteiger partial charge in [-0.1, -0.05) is 102 Å². The molecule has 0 amide bonds. The lowest BCUT2D eigenvalue weighted by Crippen LogP contribution is -2.27. The Morgan fingerprint density at radius 3 is 2.06 bits per heavy atom.